The standard InChI is InChI=1S/C27H50O4/c1-4-6-8-9-10-11-12-13-14-15-16-17-18-20-24-30-26(28)22-23-27(29)31-25(3)21-19-7-5-2/h22-23,25H,4-21,24H2,1-3H3/b23-22+. The minimum atomic E-state index is -0.475. The fraction of sp³-hybridized carbons (Fsp3) is 0.852. The molecule has 0 amide bonds. The number of hydrogen-bond donors (Lipinski definition) is 0. The molecule has 0 fully saturated rings. The highest BCUT2D eigenvalue weighted by atomic mass is 16.5. The molecule has 0 radical (unpaired) electrons. The summed E-state index contributed by atoms with van der Waals surface area (Å²) in [5.74, 6) is -0.942. The van der Waals surface area contributed by atoms with Gasteiger partial charge in [-0.3, -0.25) is 0 Å². The molecule has 4 nitrogen and oxygen atoms in total. The topological polar surface area (TPSA) is 52.6 Å². The van der Waals surface area contributed by atoms with Gasteiger partial charge >= 0.3 is 11.9 Å². The molecule has 0 bridgehead atoms. The predicted octanol–water partition coefficient (Wildman–Crippen LogP) is 8.08. The Morgan fingerprint density at radius 3 is 1.55 bits per heavy atom. The van der Waals surface area contributed by atoms with Crippen molar-refractivity contribution in [2.75, 3.05) is 6.61 Å². The number of hydrogen-bond acceptors (Lipinski definition) is 4. The van der Waals surface area contributed by atoms with Gasteiger partial charge in [0.2, 0.25) is 0 Å². The maximum atomic E-state index is 11.7. The number of ether oxygens (including phenoxy) is 2. The van der Waals surface area contributed by atoms with Gasteiger partial charge < -0.3 is 9.47 Å². The third-order valence-electron chi connectivity index (χ3n) is 5.63. The summed E-state index contributed by atoms with van der Waals surface area (Å²) < 4.78 is 10.4. The van der Waals surface area contributed by atoms with E-state index in [2.05, 4.69) is 13.8 Å². The molecular weight excluding hydrogens is 388 g/mol. The van der Waals surface area contributed by atoms with Crippen molar-refractivity contribution in [2.45, 2.75) is 142 Å². The van der Waals surface area contributed by atoms with Gasteiger partial charge in [0, 0.05) is 12.2 Å². The Bertz CT molecular complexity index is 445. The van der Waals surface area contributed by atoms with Crippen molar-refractivity contribution in [1.82, 2.24) is 0 Å². The molecule has 0 saturated heterocycles. The van der Waals surface area contributed by atoms with E-state index in [0.717, 1.165) is 38.5 Å². The highest BCUT2D eigenvalue weighted by molar-refractivity contribution is 5.91. The Kier molecular flexibility index (Phi) is 22.4. The Balaban J connectivity index is 3.43. The van der Waals surface area contributed by atoms with Crippen molar-refractivity contribution in [2.24, 2.45) is 0 Å². The second-order valence-corrected chi connectivity index (χ2v) is 8.84. The third kappa shape index (κ3) is 23.2. The summed E-state index contributed by atoms with van der Waals surface area (Å²) in [6.45, 7) is 6.71. The van der Waals surface area contributed by atoms with Crippen molar-refractivity contribution >= 4 is 11.9 Å². The lowest BCUT2D eigenvalue weighted by atomic mass is 10.0. The number of rotatable bonds is 22. The van der Waals surface area contributed by atoms with E-state index in [4.69, 9.17) is 9.47 Å². The van der Waals surface area contributed by atoms with E-state index in [1.54, 1.807) is 0 Å². The van der Waals surface area contributed by atoms with Crippen LogP contribution in [-0.4, -0.2) is 24.6 Å². The monoisotopic (exact) mass is 438 g/mol. The quantitative estimate of drug-likeness (QED) is 0.0973. The molecule has 1 atom stereocenters. The summed E-state index contributed by atoms with van der Waals surface area (Å²) in [6, 6.07) is 0. The van der Waals surface area contributed by atoms with Crippen molar-refractivity contribution < 1.29 is 19.1 Å². The van der Waals surface area contributed by atoms with Crippen LogP contribution in [0.4, 0.5) is 0 Å². The molecule has 0 saturated carbocycles. The minimum Gasteiger partial charge on any atom is -0.463 e. The Morgan fingerprint density at radius 1 is 0.613 bits per heavy atom. The molecule has 31 heavy (non-hydrogen) atoms. The SMILES string of the molecule is CCCCCCCCCCCCCCCCOC(=O)/C=C/C(=O)OC(C)CCCCC. The molecular formula is C27H50O4. The van der Waals surface area contributed by atoms with Gasteiger partial charge in [-0.2, -0.15) is 0 Å². The van der Waals surface area contributed by atoms with E-state index >= 15 is 0 Å². The van der Waals surface area contributed by atoms with Crippen LogP contribution in [0.5, 0.6) is 0 Å². The largest absolute Gasteiger partial charge is 0.463 e. The molecule has 0 spiro atoms. The zero-order valence-corrected chi connectivity index (χ0v) is 20.8. The molecule has 0 aromatic heterocycles. The van der Waals surface area contributed by atoms with Crippen molar-refractivity contribution in [3.05, 3.63) is 12.2 Å². The van der Waals surface area contributed by atoms with Crippen LogP contribution < -0.4 is 0 Å². The lowest BCUT2D eigenvalue weighted by Crippen LogP contribution is -2.13. The Labute approximate surface area is 192 Å². The van der Waals surface area contributed by atoms with Crippen LogP contribution in [0.25, 0.3) is 0 Å². The first-order valence-corrected chi connectivity index (χ1v) is 13.2. The van der Waals surface area contributed by atoms with E-state index in [9.17, 15) is 9.59 Å². The highest BCUT2D eigenvalue weighted by Crippen LogP contribution is 2.13. The van der Waals surface area contributed by atoms with E-state index < -0.39 is 11.9 Å². The zero-order valence-electron chi connectivity index (χ0n) is 20.8. The lowest BCUT2D eigenvalue weighted by molar-refractivity contribution is -0.143. The summed E-state index contributed by atoms with van der Waals surface area (Å²) >= 11 is 0. The molecule has 0 N–H and O–H groups in total. The van der Waals surface area contributed by atoms with E-state index in [-0.39, 0.29) is 6.10 Å². The first kappa shape index (κ1) is 29.7. The van der Waals surface area contributed by atoms with Gasteiger partial charge in [0.25, 0.3) is 0 Å². The number of carbonyl (C=O) groups excluding carboxylic acids is 2. The first-order chi connectivity index (χ1) is 15.1. The van der Waals surface area contributed by atoms with E-state index in [0.29, 0.717) is 6.61 Å². The molecule has 0 aliphatic carbocycles. The Hall–Kier alpha value is -1.32. The molecule has 0 heterocycles. The maximum Gasteiger partial charge on any atom is 0.331 e. The fourth-order valence-electron chi connectivity index (χ4n) is 3.63. The molecule has 4 heteroatoms. The van der Waals surface area contributed by atoms with Gasteiger partial charge in [-0.05, 0) is 26.2 Å². The van der Waals surface area contributed by atoms with Gasteiger partial charge in [-0.1, -0.05) is 110 Å². The average Bonchev–Trinajstić information content (AvgIpc) is 2.75. The summed E-state index contributed by atoms with van der Waals surface area (Å²) in [6.07, 6.45) is 24.7. The lowest BCUT2D eigenvalue weighted by Gasteiger charge is -2.10. The summed E-state index contributed by atoms with van der Waals surface area (Å²) in [4.78, 5) is 23.3. The van der Waals surface area contributed by atoms with Crippen LogP contribution in [0.2, 0.25) is 0 Å². The number of carbonyl (C=O) groups is 2. The number of unbranched alkanes of at least 4 members (excludes halogenated alkanes) is 15. The van der Waals surface area contributed by atoms with E-state index in [1.165, 1.54) is 89.2 Å². The van der Waals surface area contributed by atoms with Crippen LogP contribution >= 0.6 is 0 Å². The van der Waals surface area contributed by atoms with Crippen molar-refractivity contribution in [3.8, 4) is 0 Å². The second kappa shape index (κ2) is 23.3. The van der Waals surface area contributed by atoms with E-state index in [1.807, 2.05) is 6.92 Å². The summed E-state index contributed by atoms with van der Waals surface area (Å²) in [5.41, 5.74) is 0. The molecule has 0 aliphatic rings. The number of esters is 2. The van der Waals surface area contributed by atoms with Gasteiger partial charge in [-0.15, -0.1) is 0 Å². The average molecular weight is 439 g/mol. The molecule has 0 aromatic rings. The summed E-state index contributed by atoms with van der Waals surface area (Å²) in [5, 5.41) is 0. The summed E-state index contributed by atoms with van der Waals surface area (Å²) in [7, 11) is 0. The smallest absolute Gasteiger partial charge is 0.331 e. The molecule has 0 aromatic carbocycles. The van der Waals surface area contributed by atoms with Crippen molar-refractivity contribution in [3.63, 3.8) is 0 Å². The molecule has 182 valence electrons. The maximum absolute atomic E-state index is 11.7. The normalized spacial score (nSPS) is 12.2. The van der Waals surface area contributed by atoms with Gasteiger partial charge in [0.05, 0.1) is 12.7 Å². The van der Waals surface area contributed by atoms with Crippen LogP contribution in [-0.2, 0) is 19.1 Å². The molecule has 0 rings (SSSR count). The van der Waals surface area contributed by atoms with Crippen LogP contribution in [0.1, 0.15) is 136 Å². The van der Waals surface area contributed by atoms with Gasteiger partial charge in [0.1, 0.15) is 0 Å². The van der Waals surface area contributed by atoms with Crippen LogP contribution in [0.15, 0.2) is 12.2 Å². The second-order valence-electron chi connectivity index (χ2n) is 8.84. The van der Waals surface area contributed by atoms with Crippen LogP contribution in [0.3, 0.4) is 0 Å². The third-order valence-corrected chi connectivity index (χ3v) is 5.63. The van der Waals surface area contributed by atoms with Gasteiger partial charge in [0.15, 0.2) is 0 Å². The van der Waals surface area contributed by atoms with Gasteiger partial charge in [-0.25, -0.2) is 9.59 Å². The zero-order chi connectivity index (χ0) is 23.0. The molecule has 1 unspecified atom stereocenters. The fourth-order valence-corrected chi connectivity index (χ4v) is 3.63. The predicted molar refractivity (Wildman–Crippen MR) is 130 cm³/mol. The molecule has 0 aliphatic heterocycles. The minimum absolute atomic E-state index is 0.115. The Morgan fingerprint density at radius 2 is 1.03 bits per heavy atom. The van der Waals surface area contributed by atoms with Crippen molar-refractivity contribution in [1.29, 1.82) is 0 Å². The highest BCUT2D eigenvalue weighted by Gasteiger charge is 2.07. The first-order valence-electron chi connectivity index (χ1n) is 13.2. The van der Waals surface area contributed by atoms with Crippen LogP contribution in [0, 0.1) is 0 Å².